The maximum Gasteiger partial charge on any atom is 0.573 e. The molecule has 1 aliphatic rings. The van der Waals surface area contributed by atoms with Gasteiger partial charge < -0.3 is 18.9 Å². The summed E-state index contributed by atoms with van der Waals surface area (Å²) in [7, 11) is 1.63. The topological polar surface area (TPSA) is 78.1 Å². The Labute approximate surface area is 180 Å². The second-order valence-electron chi connectivity index (χ2n) is 7.63. The highest BCUT2D eigenvalue weighted by Crippen LogP contribution is 2.26. The molecule has 0 spiro atoms. The number of piperidine rings is 1. The first kappa shape index (κ1) is 21.7. The van der Waals surface area contributed by atoms with E-state index in [-0.39, 0.29) is 34.4 Å². The summed E-state index contributed by atoms with van der Waals surface area (Å²) in [6, 6.07) is 5.20. The van der Waals surface area contributed by atoms with Crippen LogP contribution in [-0.4, -0.2) is 50.5 Å². The van der Waals surface area contributed by atoms with Gasteiger partial charge in [-0.2, -0.15) is 5.10 Å². The summed E-state index contributed by atoms with van der Waals surface area (Å²) in [4.78, 5) is 27.2. The van der Waals surface area contributed by atoms with E-state index in [9.17, 15) is 22.8 Å². The van der Waals surface area contributed by atoms with Crippen molar-refractivity contribution < 1.29 is 27.4 Å². The van der Waals surface area contributed by atoms with E-state index in [2.05, 4.69) is 9.84 Å². The lowest BCUT2D eigenvalue weighted by atomic mass is 10.1. The number of hydrogen-bond acceptors (Lipinski definition) is 5. The first-order valence-corrected chi connectivity index (χ1v) is 9.98. The minimum atomic E-state index is -4.74. The van der Waals surface area contributed by atoms with Gasteiger partial charge in [0.25, 0.3) is 11.5 Å². The number of carbonyl (C=O) groups is 1. The van der Waals surface area contributed by atoms with Gasteiger partial charge in [0.2, 0.25) is 0 Å². The van der Waals surface area contributed by atoms with Crippen molar-refractivity contribution in [2.24, 2.45) is 7.05 Å². The van der Waals surface area contributed by atoms with Gasteiger partial charge in [-0.15, -0.1) is 13.2 Å². The van der Waals surface area contributed by atoms with Crippen molar-refractivity contribution in [3.8, 4) is 11.5 Å². The fourth-order valence-corrected chi connectivity index (χ4v) is 3.80. The molecule has 0 unspecified atom stereocenters. The lowest BCUT2D eigenvalue weighted by Crippen LogP contribution is -2.42. The minimum Gasteiger partial charge on any atom is -0.490 e. The van der Waals surface area contributed by atoms with Gasteiger partial charge in [0.15, 0.2) is 0 Å². The average molecular weight is 450 g/mol. The average Bonchev–Trinajstić information content (AvgIpc) is 3.18. The van der Waals surface area contributed by atoms with Crippen molar-refractivity contribution in [1.29, 1.82) is 0 Å². The number of rotatable bonds is 4. The van der Waals surface area contributed by atoms with Crippen molar-refractivity contribution in [2.45, 2.75) is 32.2 Å². The van der Waals surface area contributed by atoms with Gasteiger partial charge in [0, 0.05) is 39.2 Å². The molecule has 3 aromatic rings. The van der Waals surface area contributed by atoms with Gasteiger partial charge in [-0.3, -0.25) is 9.59 Å². The lowest BCUT2D eigenvalue weighted by molar-refractivity contribution is -0.274. The molecule has 1 saturated heterocycles. The Morgan fingerprint density at radius 1 is 1.12 bits per heavy atom. The molecule has 0 N–H and O–H groups in total. The molecule has 3 heterocycles. The van der Waals surface area contributed by atoms with Crippen LogP contribution in [0, 0.1) is 6.92 Å². The highest BCUT2D eigenvalue weighted by atomic mass is 19.4. The maximum atomic E-state index is 13.0. The third-order valence-electron chi connectivity index (χ3n) is 5.33. The summed E-state index contributed by atoms with van der Waals surface area (Å²) in [5, 5.41) is 4.19. The maximum absolute atomic E-state index is 13.0. The number of aromatic nitrogens is 3. The Kier molecular flexibility index (Phi) is 5.57. The third kappa shape index (κ3) is 4.41. The van der Waals surface area contributed by atoms with Crippen LogP contribution in [-0.2, 0) is 7.05 Å². The number of carbonyl (C=O) groups excluding carboxylic acids is 1. The fraction of sp³-hybridized carbons (Fsp3) is 0.381. The Morgan fingerprint density at radius 3 is 2.38 bits per heavy atom. The van der Waals surface area contributed by atoms with Gasteiger partial charge in [-0.1, -0.05) is 0 Å². The number of fused-ring (bicyclic) bond motifs is 1. The van der Waals surface area contributed by atoms with E-state index in [1.807, 2.05) is 0 Å². The Bertz CT molecular complexity index is 1190. The van der Waals surface area contributed by atoms with E-state index >= 15 is 0 Å². The van der Waals surface area contributed by atoms with Gasteiger partial charge in [0.1, 0.15) is 23.1 Å². The first-order valence-electron chi connectivity index (χ1n) is 9.98. The smallest absolute Gasteiger partial charge is 0.490 e. The SMILES string of the molecule is Cc1cn(C)c(=O)c2c(C(=O)N3CCC(Oc4ccc(OC(F)(F)F)cc4)CC3)cnn12. The van der Waals surface area contributed by atoms with Crippen LogP contribution in [0.4, 0.5) is 13.2 Å². The molecule has 2 aromatic heterocycles. The molecule has 170 valence electrons. The number of hydrogen-bond donors (Lipinski definition) is 0. The normalized spacial score (nSPS) is 15.2. The van der Waals surface area contributed by atoms with Crippen molar-refractivity contribution >= 4 is 11.4 Å². The van der Waals surface area contributed by atoms with E-state index in [1.54, 1.807) is 25.1 Å². The number of benzene rings is 1. The second-order valence-corrected chi connectivity index (χ2v) is 7.63. The number of ether oxygens (including phenoxy) is 2. The summed E-state index contributed by atoms with van der Waals surface area (Å²) in [5.74, 6) is -0.166. The zero-order chi connectivity index (χ0) is 23.0. The number of likely N-dealkylation sites (tertiary alicyclic amines) is 1. The van der Waals surface area contributed by atoms with Crippen LogP contribution < -0.4 is 15.0 Å². The van der Waals surface area contributed by atoms with Crippen LogP contribution >= 0.6 is 0 Å². The van der Waals surface area contributed by atoms with E-state index in [0.29, 0.717) is 31.7 Å². The molecule has 1 amide bonds. The van der Waals surface area contributed by atoms with Crippen molar-refractivity contribution in [3.05, 3.63) is 58.3 Å². The lowest BCUT2D eigenvalue weighted by Gasteiger charge is -2.32. The van der Waals surface area contributed by atoms with Gasteiger partial charge in [-0.25, -0.2) is 4.52 Å². The molecule has 0 aliphatic carbocycles. The molecule has 0 bridgehead atoms. The molecular weight excluding hydrogens is 429 g/mol. The van der Waals surface area contributed by atoms with Crippen LogP contribution in [0.15, 0.2) is 41.5 Å². The van der Waals surface area contributed by atoms with Crippen LogP contribution in [0.25, 0.3) is 5.52 Å². The minimum absolute atomic E-state index is 0.188. The van der Waals surface area contributed by atoms with Gasteiger partial charge in [0.05, 0.1) is 17.5 Å². The Balaban J connectivity index is 1.40. The first-order chi connectivity index (χ1) is 15.1. The quantitative estimate of drug-likeness (QED) is 0.611. The van der Waals surface area contributed by atoms with Crippen LogP contribution in [0.3, 0.4) is 0 Å². The number of nitrogens with zero attached hydrogens (tertiary/aromatic N) is 4. The predicted octanol–water partition coefficient (Wildman–Crippen LogP) is 2.92. The molecule has 1 aliphatic heterocycles. The summed E-state index contributed by atoms with van der Waals surface area (Å²) in [5.41, 5.74) is 0.943. The van der Waals surface area contributed by atoms with Crippen LogP contribution in [0.2, 0.25) is 0 Å². The largest absolute Gasteiger partial charge is 0.573 e. The molecule has 8 nitrogen and oxygen atoms in total. The van der Waals surface area contributed by atoms with E-state index in [1.165, 1.54) is 39.5 Å². The van der Waals surface area contributed by atoms with Crippen molar-refractivity contribution in [2.75, 3.05) is 13.1 Å². The van der Waals surface area contributed by atoms with Crippen LogP contribution in [0.1, 0.15) is 28.9 Å². The standard InChI is InChI=1S/C21H21F3N4O4/c1-13-12-26(2)20(30)18-17(11-25-28(13)18)19(29)27-9-7-15(8-10-27)31-14-3-5-16(6-4-14)32-21(22,23)24/h3-6,11-12,15H,7-10H2,1-2H3. The highest BCUT2D eigenvalue weighted by Gasteiger charge is 2.31. The number of halogens is 3. The van der Waals surface area contributed by atoms with Gasteiger partial charge >= 0.3 is 6.36 Å². The number of amides is 1. The van der Waals surface area contributed by atoms with E-state index < -0.39 is 6.36 Å². The number of alkyl halides is 3. The highest BCUT2D eigenvalue weighted by molar-refractivity contribution is 6.00. The second kappa shape index (κ2) is 8.21. The molecular formula is C21H21F3N4O4. The Morgan fingerprint density at radius 2 is 1.75 bits per heavy atom. The summed E-state index contributed by atoms with van der Waals surface area (Å²) in [6.07, 6.45) is -0.773. The monoisotopic (exact) mass is 450 g/mol. The molecule has 11 heteroatoms. The van der Waals surface area contributed by atoms with Gasteiger partial charge in [-0.05, 0) is 31.2 Å². The third-order valence-corrected chi connectivity index (χ3v) is 5.33. The molecule has 0 saturated carbocycles. The fourth-order valence-electron chi connectivity index (χ4n) is 3.80. The molecule has 0 radical (unpaired) electrons. The molecule has 32 heavy (non-hydrogen) atoms. The van der Waals surface area contributed by atoms with E-state index in [4.69, 9.17) is 4.74 Å². The zero-order valence-electron chi connectivity index (χ0n) is 17.4. The summed E-state index contributed by atoms with van der Waals surface area (Å²) in [6.45, 7) is 2.64. The molecule has 4 rings (SSSR count). The van der Waals surface area contributed by atoms with E-state index in [0.717, 1.165) is 5.69 Å². The molecule has 0 atom stereocenters. The number of aryl methyl sites for hydroxylation is 2. The summed E-state index contributed by atoms with van der Waals surface area (Å²) < 4.78 is 49.3. The Hall–Kier alpha value is -3.50. The summed E-state index contributed by atoms with van der Waals surface area (Å²) >= 11 is 0. The van der Waals surface area contributed by atoms with Crippen LogP contribution in [0.5, 0.6) is 11.5 Å². The van der Waals surface area contributed by atoms with Crippen molar-refractivity contribution in [1.82, 2.24) is 19.1 Å². The zero-order valence-corrected chi connectivity index (χ0v) is 17.4. The molecule has 1 aromatic carbocycles. The predicted molar refractivity (Wildman–Crippen MR) is 108 cm³/mol. The molecule has 1 fully saturated rings. The van der Waals surface area contributed by atoms with Crippen molar-refractivity contribution in [3.63, 3.8) is 0 Å².